The summed E-state index contributed by atoms with van der Waals surface area (Å²) in [7, 11) is 0. The van der Waals surface area contributed by atoms with Crippen molar-refractivity contribution < 1.29 is 18.7 Å². The molecule has 2 heterocycles. The minimum absolute atomic E-state index is 0.179. The Labute approximate surface area is 145 Å². The van der Waals surface area contributed by atoms with Crippen molar-refractivity contribution in [2.75, 3.05) is 19.7 Å². The van der Waals surface area contributed by atoms with E-state index in [4.69, 9.17) is 9.15 Å². The number of ether oxygens (including phenoxy) is 1. The first-order valence-corrected chi connectivity index (χ1v) is 8.25. The Bertz CT molecular complexity index is 778. The average Bonchev–Trinajstić information content (AvgIpc) is 3.33. The minimum atomic E-state index is -0.487. The monoisotopic (exact) mass is 341 g/mol. The summed E-state index contributed by atoms with van der Waals surface area (Å²) in [6.45, 7) is 3.69. The lowest BCUT2D eigenvalue weighted by atomic mass is 10.0. The number of ketones is 1. The molecule has 0 N–H and O–H groups in total. The van der Waals surface area contributed by atoms with Crippen molar-refractivity contribution in [3.05, 3.63) is 53.5 Å². The predicted molar refractivity (Wildman–Crippen MR) is 89.9 cm³/mol. The maximum atomic E-state index is 12.7. The number of rotatable bonds is 6. The average molecular weight is 341 g/mol. The van der Waals surface area contributed by atoms with Crippen molar-refractivity contribution in [1.82, 2.24) is 5.01 Å². The van der Waals surface area contributed by atoms with Gasteiger partial charge in [0, 0.05) is 13.1 Å². The smallest absolute Gasteiger partial charge is 0.338 e. The van der Waals surface area contributed by atoms with Gasteiger partial charge >= 0.3 is 5.97 Å². The summed E-state index contributed by atoms with van der Waals surface area (Å²) in [5.74, 6) is -0.663. The number of hydrogen-bond acceptors (Lipinski definition) is 6. The number of carbonyl (C=O) groups is 2. The highest BCUT2D eigenvalue weighted by Gasteiger charge is 2.20. The summed E-state index contributed by atoms with van der Waals surface area (Å²) in [4.78, 5) is 24.7. The maximum absolute atomic E-state index is 12.7. The van der Waals surface area contributed by atoms with E-state index in [1.807, 2.05) is 5.01 Å². The summed E-state index contributed by atoms with van der Waals surface area (Å²) in [6.07, 6.45) is 3.59. The van der Waals surface area contributed by atoms with E-state index in [2.05, 4.69) is 10.3 Å². The number of nitrogens with zero attached hydrogens (tertiary/aromatic N) is 3. The van der Waals surface area contributed by atoms with Crippen molar-refractivity contribution in [2.45, 2.75) is 19.8 Å². The molecule has 3 rings (SSSR count). The highest BCUT2D eigenvalue weighted by molar-refractivity contribution is 6.11. The Hall–Kier alpha value is -2.96. The molecule has 25 heavy (non-hydrogen) atoms. The molecule has 7 nitrogen and oxygen atoms in total. The van der Waals surface area contributed by atoms with Gasteiger partial charge in [0.15, 0.2) is 5.76 Å². The predicted octanol–water partition coefficient (Wildman–Crippen LogP) is 3.78. The van der Waals surface area contributed by atoms with Crippen molar-refractivity contribution in [3.8, 4) is 0 Å². The molecule has 1 fully saturated rings. The first kappa shape index (κ1) is 16.9. The molecule has 1 aromatic carbocycles. The van der Waals surface area contributed by atoms with Crippen LogP contribution in [0.1, 0.15) is 46.2 Å². The van der Waals surface area contributed by atoms with Gasteiger partial charge in [-0.15, -0.1) is 5.11 Å². The van der Waals surface area contributed by atoms with Crippen molar-refractivity contribution in [2.24, 2.45) is 10.3 Å². The molecule has 0 aliphatic carbocycles. The van der Waals surface area contributed by atoms with Crippen LogP contribution in [0.25, 0.3) is 0 Å². The molecule has 2 aromatic rings. The van der Waals surface area contributed by atoms with Gasteiger partial charge in [0.2, 0.25) is 5.78 Å². The summed E-state index contributed by atoms with van der Waals surface area (Å²) in [5.41, 5.74) is 0.932. The fourth-order valence-electron chi connectivity index (χ4n) is 2.59. The molecule has 1 aromatic heterocycles. The molecule has 130 valence electrons. The van der Waals surface area contributed by atoms with Gasteiger partial charge in [-0.2, -0.15) is 0 Å². The van der Waals surface area contributed by atoms with E-state index in [9.17, 15) is 9.59 Å². The van der Waals surface area contributed by atoms with Crippen molar-refractivity contribution in [1.29, 1.82) is 0 Å². The standard InChI is InChI=1S/C18H19N3O4/c1-2-24-18(23)13-7-8-15(19-20-21-9-3-4-10-21)14(12-13)17(22)16-6-5-11-25-16/h5-8,11-12H,2-4,9-10H2,1H3. The van der Waals surface area contributed by atoms with E-state index in [1.165, 1.54) is 12.3 Å². The van der Waals surface area contributed by atoms with Crippen LogP contribution in [0.5, 0.6) is 0 Å². The second kappa shape index (κ2) is 7.74. The van der Waals surface area contributed by atoms with E-state index < -0.39 is 5.97 Å². The zero-order valence-corrected chi connectivity index (χ0v) is 14.0. The van der Waals surface area contributed by atoms with E-state index in [-0.39, 0.29) is 29.3 Å². The number of carbonyl (C=O) groups excluding carboxylic acids is 2. The summed E-state index contributed by atoms with van der Waals surface area (Å²) in [5, 5.41) is 10.3. The fraction of sp³-hybridized carbons (Fsp3) is 0.333. The Morgan fingerprint density at radius 2 is 2.04 bits per heavy atom. The van der Waals surface area contributed by atoms with Gasteiger partial charge in [-0.05, 0) is 50.1 Å². The highest BCUT2D eigenvalue weighted by atomic mass is 16.5. The van der Waals surface area contributed by atoms with Crippen LogP contribution in [0.15, 0.2) is 51.3 Å². The van der Waals surface area contributed by atoms with Crippen LogP contribution in [-0.2, 0) is 4.74 Å². The van der Waals surface area contributed by atoms with Gasteiger partial charge in [-0.25, -0.2) is 4.79 Å². The lowest BCUT2D eigenvalue weighted by Crippen LogP contribution is -2.10. The van der Waals surface area contributed by atoms with Crippen molar-refractivity contribution >= 4 is 17.4 Å². The largest absolute Gasteiger partial charge is 0.462 e. The molecular formula is C18H19N3O4. The quantitative estimate of drug-likeness (QED) is 0.453. The van der Waals surface area contributed by atoms with Crippen LogP contribution in [-0.4, -0.2) is 36.5 Å². The van der Waals surface area contributed by atoms with Crippen LogP contribution >= 0.6 is 0 Å². The molecule has 7 heteroatoms. The second-order valence-electron chi connectivity index (χ2n) is 5.61. The van der Waals surface area contributed by atoms with Crippen LogP contribution < -0.4 is 0 Å². The number of hydrogen-bond donors (Lipinski definition) is 0. The second-order valence-corrected chi connectivity index (χ2v) is 5.61. The molecule has 0 unspecified atom stereocenters. The molecule has 0 amide bonds. The highest BCUT2D eigenvalue weighted by Crippen LogP contribution is 2.25. The topological polar surface area (TPSA) is 84.5 Å². The molecule has 0 saturated carbocycles. The SMILES string of the molecule is CCOC(=O)c1ccc(N=NN2CCCC2)c(C(=O)c2ccco2)c1. The molecule has 0 radical (unpaired) electrons. The molecular weight excluding hydrogens is 322 g/mol. The zero-order chi connectivity index (χ0) is 17.6. The van der Waals surface area contributed by atoms with Crippen molar-refractivity contribution in [3.63, 3.8) is 0 Å². The molecule has 0 bridgehead atoms. The van der Waals surface area contributed by atoms with Crippen LogP contribution in [0.3, 0.4) is 0 Å². The Morgan fingerprint density at radius 3 is 2.72 bits per heavy atom. The van der Waals surface area contributed by atoms with Gasteiger partial charge in [0.1, 0.15) is 0 Å². The van der Waals surface area contributed by atoms with Gasteiger partial charge in [0.05, 0.1) is 29.7 Å². The number of benzene rings is 1. The number of esters is 1. The van der Waals surface area contributed by atoms with Crippen LogP contribution in [0, 0.1) is 0 Å². The Balaban J connectivity index is 1.95. The summed E-state index contributed by atoms with van der Waals surface area (Å²) < 4.78 is 10.2. The first-order chi connectivity index (χ1) is 12.2. The van der Waals surface area contributed by atoms with E-state index in [1.54, 1.807) is 31.2 Å². The third kappa shape index (κ3) is 3.93. The fourth-order valence-corrected chi connectivity index (χ4v) is 2.59. The van der Waals surface area contributed by atoms with E-state index in [0.717, 1.165) is 25.9 Å². The normalized spacial score (nSPS) is 14.2. The third-order valence-electron chi connectivity index (χ3n) is 3.86. The Morgan fingerprint density at radius 1 is 1.24 bits per heavy atom. The molecule has 1 aliphatic heterocycles. The summed E-state index contributed by atoms with van der Waals surface area (Å²) in [6, 6.07) is 7.85. The molecule has 1 aliphatic rings. The van der Waals surface area contributed by atoms with E-state index >= 15 is 0 Å². The third-order valence-corrected chi connectivity index (χ3v) is 3.86. The first-order valence-electron chi connectivity index (χ1n) is 8.25. The minimum Gasteiger partial charge on any atom is -0.462 e. The number of furan rings is 1. The Kier molecular flexibility index (Phi) is 5.23. The molecule has 1 saturated heterocycles. The summed E-state index contributed by atoms with van der Waals surface area (Å²) >= 11 is 0. The lowest BCUT2D eigenvalue weighted by molar-refractivity contribution is 0.0526. The van der Waals surface area contributed by atoms with Crippen LogP contribution in [0.4, 0.5) is 5.69 Å². The zero-order valence-electron chi connectivity index (χ0n) is 14.0. The van der Waals surface area contributed by atoms with Gasteiger partial charge in [-0.3, -0.25) is 9.80 Å². The maximum Gasteiger partial charge on any atom is 0.338 e. The molecule has 0 spiro atoms. The van der Waals surface area contributed by atoms with Gasteiger partial charge < -0.3 is 9.15 Å². The van der Waals surface area contributed by atoms with Gasteiger partial charge in [-0.1, -0.05) is 5.22 Å². The van der Waals surface area contributed by atoms with E-state index in [0.29, 0.717) is 5.69 Å². The molecule has 0 atom stereocenters. The van der Waals surface area contributed by atoms with Gasteiger partial charge in [0.25, 0.3) is 0 Å². The lowest BCUT2D eigenvalue weighted by Gasteiger charge is -2.09. The van der Waals surface area contributed by atoms with Crippen LogP contribution in [0.2, 0.25) is 0 Å².